The topological polar surface area (TPSA) is 56.7 Å². The second kappa shape index (κ2) is 5.41. The van der Waals surface area contributed by atoms with E-state index in [0.29, 0.717) is 5.95 Å². The van der Waals surface area contributed by atoms with Crippen LogP contribution in [0.1, 0.15) is 32.3 Å². The fourth-order valence-corrected chi connectivity index (χ4v) is 3.24. The highest BCUT2D eigenvalue weighted by Crippen LogP contribution is 2.34. The molecule has 0 bridgehead atoms. The fraction of sp³-hybridized carbons (Fsp3) is 0.571. The van der Waals surface area contributed by atoms with Crippen LogP contribution in [0.3, 0.4) is 0 Å². The quantitative estimate of drug-likeness (QED) is 0.912. The first-order chi connectivity index (χ1) is 9.05. The summed E-state index contributed by atoms with van der Waals surface area (Å²) >= 11 is 1.90. The molecule has 104 valence electrons. The van der Waals surface area contributed by atoms with Gasteiger partial charge in [-0.05, 0) is 37.7 Å². The van der Waals surface area contributed by atoms with Crippen molar-refractivity contribution in [1.29, 1.82) is 0 Å². The molecule has 2 aromatic rings. The van der Waals surface area contributed by atoms with Crippen molar-refractivity contribution >= 4 is 28.9 Å². The van der Waals surface area contributed by atoms with E-state index in [2.05, 4.69) is 34.6 Å². The van der Waals surface area contributed by atoms with Gasteiger partial charge >= 0.3 is 0 Å². The molecular weight excluding hydrogens is 256 g/mol. The van der Waals surface area contributed by atoms with Gasteiger partial charge in [-0.15, -0.1) is 0 Å². The number of rotatable bonds is 5. The zero-order chi connectivity index (χ0) is 14.0. The molecule has 19 heavy (non-hydrogen) atoms. The lowest BCUT2D eigenvalue weighted by atomic mass is 10.0. The van der Waals surface area contributed by atoms with Crippen LogP contribution in [0.5, 0.6) is 0 Å². The van der Waals surface area contributed by atoms with E-state index < -0.39 is 0 Å². The maximum atomic E-state index is 6.08. The largest absolute Gasteiger partial charge is 0.369 e. The van der Waals surface area contributed by atoms with Crippen LogP contribution in [0.2, 0.25) is 0 Å². The molecule has 0 amide bonds. The predicted octanol–water partition coefficient (Wildman–Crippen LogP) is 3.24. The summed E-state index contributed by atoms with van der Waals surface area (Å²) in [5.74, 6) is 0.563. The van der Waals surface area contributed by atoms with E-state index >= 15 is 0 Å². The van der Waals surface area contributed by atoms with Gasteiger partial charge in [0.15, 0.2) is 5.65 Å². The van der Waals surface area contributed by atoms with Crippen molar-refractivity contribution in [2.24, 2.45) is 0 Å². The molecule has 2 aromatic heterocycles. The molecule has 0 spiro atoms. The summed E-state index contributed by atoms with van der Waals surface area (Å²) in [5.41, 5.74) is 8.97. The van der Waals surface area contributed by atoms with Gasteiger partial charge in [-0.1, -0.05) is 13.8 Å². The van der Waals surface area contributed by atoms with Crippen LogP contribution in [0.15, 0.2) is 12.3 Å². The van der Waals surface area contributed by atoms with E-state index in [1.54, 1.807) is 0 Å². The first kappa shape index (κ1) is 14.2. The average molecular weight is 278 g/mol. The fourth-order valence-electron chi connectivity index (χ4n) is 2.40. The number of thioether (sulfide) groups is 1. The van der Waals surface area contributed by atoms with Crippen molar-refractivity contribution in [2.45, 2.75) is 44.9 Å². The molecule has 0 aliphatic carbocycles. The maximum Gasteiger partial charge on any atom is 0.202 e. The van der Waals surface area contributed by atoms with Gasteiger partial charge in [-0.3, -0.25) is 4.57 Å². The van der Waals surface area contributed by atoms with Crippen molar-refractivity contribution in [1.82, 2.24) is 14.5 Å². The minimum atomic E-state index is 0.203. The van der Waals surface area contributed by atoms with E-state index in [1.165, 1.54) is 0 Å². The van der Waals surface area contributed by atoms with Crippen LogP contribution < -0.4 is 5.73 Å². The van der Waals surface area contributed by atoms with Crippen LogP contribution >= 0.6 is 11.8 Å². The van der Waals surface area contributed by atoms with Crippen molar-refractivity contribution in [3.63, 3.8) is 0 Å². The summed E-state index contributed by atoms with van der Waals surface area (Å²) in [5, 5.41) is 0. The lowest BCUT2D eigenvalue weighted by molar-refractivity contribution is 0.475. The highest BCUT2D eigenvalue weighted by Gasteiger charge is 2.27. The van der Waals surface area contributed by atoms with Crippen LogP contribution in [-0.4, -0.2) is 25.5 Å². The molecule has 0 aromatic carbocycles. The number of nitrogens with two attached hydrogens (primary N) is 1. The molecule has 2 N–H and O–H groups in total. The molecule has 0 aliphatic heterocycles. The van der Waals surface area contributed by atoms with Crippen LogP contribution in [-0.2, 0) is 6.54 Å². The summed E-state index contributed by atoms with van der Waals surface area (Å²) < 4.78 is 2.26. The Bertz CT molecular complexity index is 564. The zero-order valence-electron chi connectivity index (χ0n) is 12.1. The van der Waals surface area contributed by atoms with Gasteiger partial charge in [0.25, 0.3) is 0 Å². The number of hydrogen-bond donors (Lipinski definition) is 1. The first-order valence-electron chi connectivity index (χ1n) is 6.68. The molecule has 0 aliphatic rings. The van der Waals surface area contributed by atoms with Gasteiger partial charge in [0.2, 0.25) is 5.95 Å². The number of hydrogen-bond acceptors (Lipinski definition) is 4. The van der Waals surface area contributed by atoms with Crippen molar-refractivity contribution in [3.8, 4) is 0 Å². The number of nitrogen functional groups attached to an aromatic ring is 1. The normalized spacial score (nSPS) is 12.2. The third-order valence-electron chi connectivity index (χ3n) is 3.92. The van der Waals surface area contributed by atoms with E-state index in [9.17, 15) is 0 Å². The number of fused-ring (bicyclic) bond motifs is 1. The Balaban J connectivity index is 2.47. The Morgan fingerprint density at radius 2 is 2.05 bits per heavy atom. The standard InChI is InChI=1S/C14H22N4S/c1-5-14(6-2,19-4)9-18-12-11(17-13(18)15)7-10(3)8-16-12/h7-8H,5-6,9H2,1-4H3,(H2,15,17). The Hall–Kier alpha value is -1.23. The molecule has 0 radical (unpaired) electrons. The van der Waals surface area contributed by atoms with Crippen molar-refractivity contribution < 1.29 is 0 Å². The van der Waals surface area contributed by atoms with Gasteiger partial charge in [0, 0.05) is 17.5 Å². The molecule has 5 heteroatoms. The lowest BCUT2D eigenvalue weighted by Gasteiger charge is -2.30. The molecule has 0 saturated heterocycles. The Morgan fingerprint density at radius 3 is 2.63 bits per heavy atom. The minimum absolute atomic E-state index is 0.203. The average Bonchev–Trinajstić information content (AvgIpc) is 2.71. The van der Waals surface area contributed by atoms with E-state index in [1.807, 2.05) is 30.9 Å². The summed E-state index contributed by atoms with van der Waals surface area (Å²) in [6, 6.07) is 2.04. The molecule has 0 fully saturated rings. The molecule has 2 rings (SSSR count). The summed E-state index contributed by atoms with van der Waals surface area (Å²) in [7, 11) is 0. The second-order valence-electron chi connectivity index (χ2n) is 5.01. The van der Waals surface area contributed by atoms with Crippen molar-refractivity contribution in [3.05, 3.63) is 17.8 Å². The minimum Gasteiger partial charge on any atom is -0.369 e. The number of aryl methyl sites for hydroxylation is 1. The molecule has 4 nitrogen and oxygen atoms in total. The number of anilines is 1. The van der Waals surface area contributed by atoms with Crippen molar-refractivity contribution in [2.75, 3.05) is 12.0 Å². The predicted molar refractivity (Wildman–Crippen MR) is 83.5 cm³/mol. The zero-order valence-corrected chi connectivity index (χ0v) is 12.9. The van der Waals surface area contributed by atoms with Crippen LogP contribution in [0, 0.1) is 6.92 Å². The highest BCUT2D eigenvalue weighted by molar-refractivity contribution is 8.00. The third-order valence-corrected chi connectivity index (χ3v) is 5.49. The SMILES string of the molecule is CCC(CC)(Cn1c(N)nc2cc(C)cnc21)SC. The molecule has 0 atom stereocenters. The number of pyridine rings is 1. The molecule has 2 heterocycles. The van der Waals surface area contributed by atoms with Gasteiger partial charge in [0.1, 0.15) is 5.52 Å². The Labute approximate surface area is 118 Å². The van der Waals surface area contributed by atoms with Gasteiger partial charge in [-0.25, -0.2) is 9.97 Å². The molecule has 0 saturated carbocycles. The van der Waals surface area contributed by atoms with E-state index in [0.717, 1.165) is 36.1 Å². The Morgan fingerprint density at radius 1 is 1.37 bits per heavy atom. The first-order valence-corrected chi connectivity index (χ1v) is 7.91. The van der Waals surface area contributed by atoms with Gasteiger partial charge < -0.3 is 5.73 Å². The highest BCUT2D eigenvalue weighted by atomic mass is 32.2. The molecule has 0 unspecified atom stereocenters. The monoisotopic (exact) mass is 278 g/mol. The smallest absolute Gasteiger partial charge is 0.202 e. The van der Waals surface area contributed by atoms with Crippen LogP contribution in [0.25, 0.3) is 11.2 Å². The van der Waals surface area contributed by atoms with Gasteiger partial charge in [-0.2, -0.15) is 11.8 Å². The van der Waals surface area contributed by atoms with E-state index in [-0.39, 0.29) is 4.75 Å². The summed E-state index contributed by atoms with van der Waals surface area (Å²) in [6.07, 6.45) is 6.25. The van der Waals surface area contributed by atoms with Gasteiger partial charge in [0.05, 0.1) is 0 Å². The van der Waals surface area contributed by atoms with Crippen LogP contribution in [0.4, 0.5) is 5.95 Å². The second-order valence-corrected chi connectivity index (χ2v) is 6.28. The number of aromatic nitrogens is 3. The summed E-state index contributed by atoms with van der Waals surface area (Å²) in [6.45, 7) is 7.34. The maximum absolute atomic E-state index is 6.08. The third kappa shape index (κ3) is 2.56. The molecular formula is C14H22N4S. The number of nitrogens with zero attached hydrogens (tertiary/aromatic N) is 3. The number of imidazole rings is 1. The summed E-state index contributed by atoms with van der Waals surface area (Å²) in [4.78, 5) is 8.93. The van der Waals surface area contributed by atoms with E-state index in [4.69, 9.17) is 5.73 Å². The lowest BCUT2D eigenvalue weighted by Crippen LogP contribution is -2.29. The Kier molecular flexibility index (Phi) is 4.04.